The van der Waals surface area contributed by atoms with Gasteiger partial charge in [-0.05, 0) is 115 Å². The van der Waals surface area contributed by atoms with Crippen molar-refractivity contribution in [3.05, 3.63) is 211 Å². The van der Waals surface area contributed by atoms with Crippen molar-refractivity contribution >= 4 is 49.4 Å². The maximum Gasteiger partial charge on any atom is 0.0468 e. The van der Waals surface area contributed by atoms with Gasteiger partial charge in [0.25, 0.3) is 0 Å². The molecule has 1 aliphatic rings. The SMILES string of the molecule is CC1(c2ccccc2)c2ccccc2-c2ccc(N(c3ccc(-c4ccccc4)cc3)c3ccc4c5ccccc5c5ccccc5c4c3)cc21. The highest BCUT2D eigenvalue weighted by molar-refractivity contribution is 6.25. The average molecular weight is 650 g/mol. The quantitative estimate of drug-likeness (QED) is 0.168. The first-order valence-corrected chi connectivity index (χ1v) is 17.8. The van der Waals surface area contributed by atoms with Crippen molar-refractivity contribution in [3.63, 3.8) is 0 Å². The molecule has 10 rings (SSSR count). The summed E-state index contributed by atoms with van der Waals surface area (Å²) in [5.41, 5.74) is 12.1. The Morgan fingerprint density at radius 1 is 0.333 bits per heavy atom. The van der Waals surface area contributed by atoms with Crippen LogP contribution in [0, 0.1) is 0 Å². The van der Waals surface area contributed by atoms with Crippen LogP contribution in [0.4, 0.5) is 17.1 Å². The van der Waals surface area contributed by atoms with Crippen molar-refractivity contribution in [2.75, 3.05) is 4.90 Å². The lowest BCUT2D eigenvalue weighted by Crippen LogP contribution is -2.22. The van der Waals surface area contributed by atoms with E-state index >= 15 is 0 Å². The molecule has 0 radical (unpaired) electrons. The monoisotopic (exact) mass is 649 g/mol. The van der Waals surface area contributed by atoms with Crippen LogP contribution in [0.25, 0.3) is 54.6 Å². The van der Waals surface area contributed by atoms with E-state index in [4.69, 9.17) is 0 Å². The van der Waals surface area contributed by atoms with Crippen LogP contribution in [0.1, 0.15) is 23.6 Å². The maximum absolute atomic E-state index is 2.44. The summed E-state index contributed by atoms with van der Waals surface area (Å²) < 4.78 is 0. The average Bonchev–Trinajstić information content (AvgIpc) is 3.47. The van der Waals surface area contributed by atoms with Gasteiger partial charge in [-0.2, -0.15) is 0 Å². The molecule has 1 nitrogen and oxygen atoms in total. The standard InChI is InChI=1S/C50H35N/c1-50(36-16-6-3-7-17-36)48-23-13-12-22-45(48)46-31-29-39(33-49(46)50)51(37-26-24-35(25-27-37)34-14-4-2-5-15-34)38-28-30-44-42-20-9-8-18-40(42)41-19-10-11-21-43(41)47(44)32-38/h2-33H,1H3. The summed E-state index contributed by atoms with van der Waals surface area (Å²) in [5, 5.41) is 7.66. The molecule has 9 aromatic rings. The lowest BCUT2D eigenvalue weighted by atomic mass is 9.74. The Labute approximate surface area is 298 Å². The minimum atomic E-state index is -0.287. The van der Waals surface area contributed by atoms with Gasteiger partial charge in [-0.25, -0.2) is 0 Å². The van der Waals surface area contributed by atoms with Crippen molar-refractivity contribution in [2.24, 2.45) is 0 Å². The van der Waals surface area contributed by atoms with Crippen molar-refractivity contribution < 1.29 is 0 Å². The van der Waals surface area contributed by atoms with E-state index in [1.807, 2.05) is 0 Å². The molecule has 240 valence electrons. The predicted octanol–water partition coefficient (Wildman–Crippen LogP) is 13.6. The van der Waals surface area contributed by atoms with Crippen LogP contribution >= 0.6 is 0 Å². The van der Waals surface area contributed by atoms with Gasteiger partial charge in [0.15, 0.2) is 0 Å². The highest BCUT2D eigenvalue weighted by Gasteiger charge is 2.41. The van der Waals surface area contributed by atoms with Gasteiger partial charge in [0.2, 0.25) is 0 Å². The molecule has 0 spiro atoms. The number of fused-ring (bicyclic) bond motifs is 9. The van der Waals surface area contributed by atoms with Crippen molar-refractivity contribution in [1.82, 2.24) is 0 Å². The molecule has 0 aliphatic heterocycles. The first-order chi connectivity index (χ1) is 25.2. The van der Waals surface area contributed by atoms with Crippen molar-refractivity contribution in [1.29, 1.82) is 0 Å². The molecule has 1 unspecified atom stereocenters. The zero-order valence-electron chi connectivity index (χ0n) is 28.4. The van der Waals surface area contributed by atoms with Crippen LogP contribution in [0.5, 0.6) is 0 Å². The molecule has 0 fully saturated rings. The Bertz CT molecular complexity index is 2710. The molecular formula is C50H35N. The second-order valence-electron chi connectivity index (χ2n) is 13.8. The normalized spacial score (nSPS) is 14.8. The highest BCUT2D eigenvalue weighted by atomic mass is 15.1. The van der Waals surface area contributed by atoms with Gasteiger partial charge in [-0.3, -0.25) is 0 Å². The molecule has 0 heterocycles. The topological polar surface area (TPSA) is 3.24 Å². The fourth-order valence-corrected chi connectivity index (χ4v) is 8.62. The molecule has 0 aromatic heterocycles. The molecule has 1 aliphatic carbocycles. The van der Waals surface area contributed by atoms with Crippen molar-refractivity contribution in [3.8, 4) is 22.3 Å². The largest absolute Gasteiger partial charge is 0.310 e. The number of hydrogen-bond donors (Lipinski definition) is 0. The van der Waals surface area contributed by atoms with E-state index in [-0.39, 0.29) is 5.41 Å². The summed E-state index contributed by atoms with van der Waals surface area (Å²) in [7, 11) is 0. The van der Waals surface area contributed by atoms with Crippen molar-refractivity contribution in [2.45, 2.75) is 12.3 Å². The molecule has 0 saturated heterocycles. The summed E-state index contributed by atoms with van der Waals surface area (Å²) >= 11 is 0. The Hall–Kier alpha value is -6.44. The number of benzene rings is 9. The Kier molecular flexibility index (Phi) is 6.69. The van der Waals surface area contributed by atoms with Crippen LogP contribution in [0.2, 0.25) is 0 Å². The van der Waals surface area contributed by atoms with Crippen LogP contribution in [0.15, 0.2) is 194 Å². The zero-order chi connectivity index (χ0) is 33.9. The van der Waals surface area contributed by atoms with E-state index in [9.17, 15) is 0 Å². The fraction of sp³-hybridized carbons (Fsp3) is 0.0400. The summed E-state index contributed by atoms with van der Waals surface area (Å²) in [6.45, 7) is 2.39. The molecule has 1 atom stereocenters. The van der Waals surface area contributed by atoms with E-state index in [1.165, 1.54) is 71.3 Å². The van der Waals surface area contributed by atoms with E-state index in [2.05, 4.69) is 206 Å². The van der Waals surface area contributed by atoms with Gasteiger partial charge in [0.1, 0.15) is 0 Å². The number of hydrogen-bond acceptors (Lipinski definition) is 1. The maximum atomic E-state index is 2.44. The van der Waals surface area contributed by atoms with Crippen LogP contribution in [-0.2, 0) is 5.41 Å². The number of rotatable bonds is 5. The van der Waals surface area contributed by atoms with Gasteiger partial charge in [-0.1, -0.05) is 158 Å². The van der Waals surface area contributed by atoms with Gasteiger partial charge in [0, 0.05) is 22.5 Å². The second-order valence-corrected chi connectivity index (χ2v) is 13.8. The number of nitrogens with zero attached hydrogens (tertiary/aromatic N) is 1. The minimum absolute atomic E-state index is 0.287. The second kappa shape index (κ2) is 11.6. The minimum Gasteiger partial charge on any atom is -0.310 e. The summed E-state index contributed by atoms with van der Waals surface area (Å²) in [5.74, 6) is 0. The lowest BCUT2D eigenvalue weighted by Gasteiger charge is -2.31. The predicted molar refractivity (Wildman–Crippen MR) is 217 cm³/mol. The Morgan fingerprint density at radius 3 is 1.49 bits per heavy atom. The van der Waals surface area contributed by atoms with E-state index in [0.29, 0.717) is 0 Å². The molecular weight excluding hydrogens is 615 g/mol. The third-order valence-electron chi connectivity index (χ3n) is 11.1. The summed E-state index contributed by atoms with van der Waals surface area (Å²) in [6.07, 6.45) is 0. The smallest absolute Gasteiger partial charge is 0.0468 e. The third-order valence-corrected chi connectivity index (χ3v) is 11.1. The Balaban J connectivity index is 1.21. The summed E-state index contributed by atoms with van der Waals surface area (Å²) in [4.78, 5) is 2.44. The molecule has 51 heavy (non-hydrogen) atoms. The van der Waals surface area contributed by atoms with Gasteiger partial charge in [-0.15, -0.1) is 0 Å². The van der Waals surface area contributed by atoms with Gasteiger partial charge < -0.3 is 4.90 Å². The zero-order valence-corrected chi connectivity index (χ0v) is 28.4. The molecule has 0 bridgehead atoms. The van der Waals surface area contributed by atoms with E-state index in [1.54, 1.807) is 0 Å². The van der Waals surface area contributed by atoms with E-state index < -0.39 is 0 Å². The molecule has 0 N–H and O–H groups in total. The fourth-order valence-electron chi connectivity index (χ4n) is 8.62. The summed E-state index contributed by atoms with van der Waals surface area (Å²) in [6, 6.07) is 71.3. The highest BCUT2D eigenvalue weighted by Crippen LogP contribution is 2.54. The molecule has 1 heteroatoms. The molecule has 0 amide bonds. The van der Waals surface area contributed by atoms with Gasteiger partial charge in [0.05, 0.1) is 0 Å². The number of anilines is 3. The van der Waals surface area contributed by atoms with Crippen LogP contribution in [0.3, 0.4) is 0 Å². The first kappa shape index (κ1) is 29.5. The van der Waals surface area contributed by atoms with Crippen LogP contribution in [-0.4, -0.2) is 0 Å². The molecule has 9 aromatic carbocycles. The molecule has 0 saturated carbocycles. The third kappa shape index (κ3) is 4.55. The van der Waals surface area contributed by atoms with Crippen LogP contribution < -0.4 is 4.90 Å². The first-order valence-electron chi connectivity index (χ1n) is 17.8. The van der Waals surface area contributed by atoms with Gasteiger partial charge >= 0.3 is 0 Å². The van der Waals surface area contributed by atoms with E-state index in [0.717, 1.165) is 17.1 Å². The lowest BCUT2D eigenvalue weighted by molar-refractivity contribution is 0.714. The Morgan fingerprint density at radius 2 is 0.804 bits per heavy atom.